The topological polar surface area (TPSA) is 52.0 Å². The van der Waals surface area contributed by atoms with Crippen LogP contribution in [-0.4, -0.2) is 13.1 Å². The number of nitrogens with two attached hydrogens (primary N) is 2. The fourth-order valence-electron chi connectivity index (χ4n) is 6.14. The molecule has 36 heavy (non-hydrogen) atoms. The van der Waals surface area contributed by atoms with Crippen molar-refractivity contribution in [3.63, 3.8) is 0 Å². The van der Waals surface area contributed by atoms with Gasteiger partial charge in [-0.2, -0.15) is 0 Å². The minimum Gasteiger partial charge on any atom is -0.330 e. The van der Waals surface area contributed by atoms with Crippen LogP contribution in [0.3, 0.4) is 0 Å². The lowest BCUT2D eigenvalue weighted by Crippen LogP contribution is -2.43. The van der Waals surface area contributed by atoms with Crippen molar-refractivity contribution < 1.29 is 0 Å². The predicted molar refractivity (Wildman–Crippen MR) is 164 cm³/mol. The first kappa shape index (κ1) is 34.1. The van der Waals surface area contributed by atoms with E-state index < -0.39 is 0 Å². The highest BCUT2D eigenvalue weighted by molar-refractivity contribution is 6.42. The third-order valence-electron chi connectivity index (χ3n) is 8.62. The molecule has 0 spiro atoms. The average molecular weight is 617 g/mol. The molecule has 0 aliphatic heterocycles. The Labute approximate surface area is 250 Å². The van der Waals surface area contributed by atoms with Gasteiger partial charge in [0.2, 0.25) is 0 Å². The number of rotatable bonds is 4. The fourth-order valence-corrected chi connectivity index (χ4v) is 6.74. The van der Waals surface area contributed by atoms with Crippen LogP contribution in [-0.2, 0) is 10.8 Å². The van der Waals surface area contributed by atoms with E-state index in [1.54, 1.807) is 0 Å². The van der Waals surface area contributed by atoms with Gasteiger partial charge in [-0.05, 0) is 72.9 Å². The minimum atomic E-state index is 0. The lowest BCUT2D eigenvalue weighted by Gasteiger charge is -2.42. The zero-order valence-corrected chi connectivity index (χ0v) is 25.8. The molecular weight excluding hydrogens is 577 g/mol. The summed E-state index contributed by atoms with van der Waals surface area (Å²) < 4.78 is 0. The summed E-state index contributed by atoms with van der Waals surface area (Å²) in [6, 6.07) is 11.9. The summed E-state index contributed by atoms with van der Waals surface area (Å²) in [6.07, 6.45) is 9.93. The molecule has 2 fully saturated rings. The quantitative estimate of drug-likeness (QED) is 0.359. The summed E-state index contributed by atoms with van der Waals surface area (Å²) >= 11 is 24.2. The maximum atomic E-state index is 6.13. The first-order valence-electron chi connectivity index (χ1n) is 12.5. The van der Waals surface area contributed by atoms with E-state index in [0.717, 1.165) is 12.8 Å². The van der Waals surface area contributed by atoms with E-state index in [1.165, 1.54) is 49.7 Å². The fraction of sp³-hybridized carbons (Fsp3) is 0.571. The number of hydrogen-bond acceptors (Lipinski definition) is 2. The summed E-state index contributed by atoms with van der Waals surface area (Å²) in [5.41, 5.74) is 14.8. The van der Waals surface area contributed by atoms with E-state index in [1.807, 2.05) is 24.3 Å². The van der Waals surface area contributed by atoms with Crippen LogP contribution in [0.5, 0.6) is 0 Å². The van der Waals surface area contributed by atoms with E-state index in [2.05, 4.69) is 26.0 Å². The van der Waals surface area contributed by atoms with Gasteiger partial charge in [-0.3, -0.25) is 0 Å². The van der Waals surface area contributed by atoms with E-state index in [0.29, 0.717) is 45.0 Å². The van der Waals surface area contributed by atoms with Crippen LogP contribution < -0.4 is 11.5 Å². The smallest absolute Gasteiger partial charge is 0.0595 e. The van der Waals surface area contributed by atoms with Crippen LogP contribution in [0.25, 0.3) is 0 Å². The molecule has 204 valence electrons. The van der Waals surface area contributed by atoms with E-state index >= 15 is 0 Å². The van der Waals surface area contributed by atoms with Gasteiger partial charge in [-0.15, -0.1) is 24.8 Å². The largest absolute Gasteiger partial charge is 0.330 e. The average Bonchev–Trinajstić information content (AvgIpc) is 2.84. The van der Waals surface area contributed by atoms with E-state index in [4.69, 9.17) is 57.9 Å². The van der Waals surface area contributed by atoms with E-state index in [9.17, 15) is 0 Å². The molecule has 0 heterocycles. The molecule has 0 bridgehead atoms. The molecule has 0 unspecified atom stereocenters. The van der Waals surface area contributed by atoms with Crippen LogP contribution in [0.1, 0.15) is 76.3 Å². The lowest BCUT2D eigenvalue weighted by molar-refractivity contribution is 0.207. The summed E-state index contributed by atoms with van der Waals surface area (Å²) in [5, 5.41) is 2.50. The van der Waals surface area contributed by atoms with Crippen molar-refractivity contribution in [2.45, 2.75) is 76.0 Å². The molecule has 0 radical (unpaired) electrons. The van der Waals surface area contributed by atoms with Gasteiger partial charge in [-0.25, -0.2) is 0 Å². The first-order chi connectivity index (χ1) is 16.2. The molecule has 2 aromatic rings. The highest BCUT2D eigenvalue weighted by Gasteiger charge is 2.39. The molecule has 0 amide bonds. The van der Waals surface area contributed by atoms with Crippen LogP contribution in [0.15, 0.2) is 36.4 Å². The molecule has 2 nitrogen and oxygen atoms in total. The monoisotopic (exact) mass is 614 g/mol. The molecule has 0 aromatic heterocycles. The standard InChI is InChI=1S/2C14H19Cl2N.2ClH/c2*1-10-4-2-3-7-14(10,9-17)11-5-6-12(15)13(16)8-11;;/h2*5-6,8,10H,2-4,7,9,17H2,1H3;2*1H/t2*10-,14+;;/m10../s1. The van der Waals surface area contributed by atoms with Gasteiger partial charge >= 0.3 is 0 Å². The maximum Gasteiger partial charge on any atom is 0.0595 e. The van der Waals surface area contributed by atoms with Gasteiger partial charge in [0.25, 0.3) is 0 Å². The van der Waals surface area contributed by atoms with Crippen LogP contribution in [0.2, 0.25) is 20.1 Å². The van der Waals surface area contributed by atoms with Gasteiger partial charge in [0, 0.05) is 23.9 Å². The second-order valence-electron chi connectivity index (χ2n) is 10.3. The second kappa shape index (κ2) is 15.0. The Morgan fingerprint density at radius 2 is 1.00 bits per heavy atom. The van der Waals surface area contributed by atoms with Crippen molar-refractivity contribution in [3.8, 4) is 0 Å². The van der Waals surface area contributed by atoms with Crippen molar-refractivity contribution in [2.24, 2.45) is 23.3 Å². The molecule has 2 saturated carbocycles. The number of hydrogen-bond donors (Lipinski definition) is 2. The zero-order chi connectivity index (χ0) is 24.9. The highest BCUT2D eigenvalue weighted by atomic mass is 35.5. The molecule has 2 aliphatic carbocycles. The Hall–Kier alpha value is 0.1000. The molecule has 4 N–H and O–H groups in total. The van der Waals surface area contributed by atoms with E-state index in [-0.39, 0.29) is 35.6 Å². The Bertz CT molecular complexity index is 894. The zero-order valence-electron chi connectivity index (χ0n) is 21.2. The Kier molecular flexibility index (Phi) is 14.3. The van der Waals surface area contributed by atoms with Gasteiger partial charge in [-0.1, -0.05) is 98.1 Å². The summed E-state index contributed by atoms with van der Waals surface area (Å²) in [5.74, 6) is 1.22. The van der Waals surface area contributed by atoms with Crippen molar-refractivity contribution in [1.29, 1.82) is 0 Å². The van der Waals surface area contributed by atoms with Gasteiger partial charge in [0.15, 0.2) is 0 Å². The Morgan fingerprint density at radius 3 is 1.28 bits per heavy atom. The molecule has 0 saturated heterocycles. The minimum absolute atomic E-state index is 0. The van der Waals surface area contributed by atoms with Crippen molar-refractivity contribution in [1.82, 2.24) is 0 Å². The molecule has 4 rings (SSSR count). The SMILES string of the molecule is C[C@@H]1CCCC[C@@]1(CN)c1ccc(Cl)c(Cl)c1.C[C@H]1CCCC[C@]1(CN)c1ccc(Cl)c(Cl)c1.Cl.Cl. The summed E-state index contributed by atoms with van der Waals surface area (Å²) in [7, 11) is 0. The third-order valence-corrected chi connectivity index (χ3v) is 10.1. The Morgan fingerprint density at radius 1 is 0.639 bits per heavy atom. The lowest BCUT2D eigenvalue weighted by atomic mass is 9.63. The molecule has 2 aromatic carbocycles. The number of benzene rings is 2. The Balaban J connectivity index is 0.000000341. The summed E-state index contributed by atoms with van der Waals surface area (Å²) in [4.78, 5) is 0. The summed E-state index contributed by atoms with van der Waals surface area (Å²) in [6.45, 7) is 5.97. The van der Waals surface area contributed by atoms with Gasteiger partial charge in [0.05, 0.1) is 20.1 Å². The number of halogens is 6. The highest BCUT2D eigenvalue weighted by Crippen LogP contribution is 2.45. The third kappa shape index (κ3) is 7.19. The van der Waals surface area contributed by atoms with Gasteiger partial charge < -0.3 is 11.5 Å². The van der Waals surface area contributed by atoms with Gasteiger partial charge in [0.1, 0.15) is 0 Å². The van der Waals surface area contributed by atoms with Crippen molar-refractivity contribution in [3.05, 3.63) is 67.6 Å². The maximum absolute atomic E-state index is 6.13. The normalized spacial score (nSPS) is 27.7. The molecular formula is C28H40Cl6N2. The van der Waals surface area contributed by atoms with Crippen molar-refractivity contribution >= 4 is 71.2 Å². The van der Waals surface area contributed by atoms with Crippen molar-refractivity contribution in [2.75, 3.05) is 13.1 Å². The molecule has 4 atom stereocenters. The van der Waals surface area contributed by atoms with Crippen LogP contribution in [0.4, 0.5) is 0 Å². The second-order valence-corrected chi connectivity index (χ2v) is 11.9. The molecule has 2 aliphatic rings. The molecule has 8 heteroatoms. The van der Waals surface area contributed by atoms with Crippen LogP contribution in [0, 0.1) is 11.8 Å². The predicted octanol–water partition coefficient (Wildman–Crippen LogP) is 9.64. The first-order valence-corrected chi connectivity index (χ1v) is 14.0. The van der Waals surface area contributed by atoms with Crippen LogP contribution >= 0.6 is 71.2 Å².